The van der Waals surface area contributed by atoms with E-state index >= 15 is 0 Å². The SMILES string of the molecule is CC(C)(C)OC(=O)N1CCC(NCC#CCO)CC1. The van der Waals surface area contributed by atoms with Crippen molar-refractivity contribution in [2.45, 2.75) is 45.3 Å². The summed E-state index contributed by atoms with van der Waals surface area (Å²) < 4.78 is 5.34. The van der Waals surface area contributed by atoms with Crippen LogP contribution in [-0.2, 0) is 4.74 Å². The predicted molar refractivity (Wildman–Crippen MR) is 73.7 cm³/mol. The molecule has 1 aliphatic heterocycles. The van der Waals surface area contributed by atoms with Gasteiger partial charge in [-0.2, -0.15) is 0 Å². The van der Waals surface area contributed by atoms with Crippen LogP contribution in [0.3, 0.4) is 0 Å². The van der Waals surface area contributed by atoms with E-state index < -0.39 is 5.60 Å². The summed E-state index contributed by atoms with van der Waals surface area (Å²) >= 11 is 0. The van der Waals surface area contributed by atoms with Crippen LogP contribution in [0.2, 0.25) is 0 Å². The molecular weight excluding hydrogens is 244 g/mol. The summed E-state index contributed by atoms with van der Waals surface area (Å²) in [5.74, 6) is 5.43. The van der Waals surface area contributed by atoms with E-state index in [-0.39, 0.29) is 12.7 Å². The molecular formula is C14H24N2O3. The molecule has 0 aromatic carbocycles. The normalized spacial score (nSPS) is 16.7. The number of aliphatic hydroxyl groups excluding tert-OH is 1. The number of amides is 1. The lowest BCUT2D eigenvalue weighted by molar-refractivity contribution is 0.0199. The predicted octanol–water partition coefficient (Wildman–Crippen LogP) is 0.971. The van der Waals surface area contributed by atoms with Crippen molar-refractivity contribution in [3.8, 4) is 11.8 Å². The molecule has 0 aromatic rings. The number of likely N-dealkylation sites (tertiary alicyclic amines) is 1. The molecule has 2 N–H and O–H groups in total. The van der Waals surface area contributed by atoms with E-state index in [1.807, 2.05) is 20.8 Å². The summed E-state index contributed by atoms with van der Waals surface area (Å²) in [6, 6.07) is 0.381. The van der Waals surface area contributed by atoms with Gasteiger partial charge in [0.2, 0.25) is 0 Å². The van der Waals surface area contributed by atoms with Crippen LogP contribution in [-0.4, -0.2) is 54.0 Å². The van der Waals surface area contributed by atoms with Crippen molar-refractivity contribution in [3.05, 3.63) is 0 Å². The molecule has 108 valence electrons. The third-order valence-corrected chi connectivity index (χ3v) is 2.83. The van der Waals surface area contributed by atoms with Gasteiger partial charge in [0.05, 0.1) is 6.54 Å². The highest BCUT2D eigenvalue weighted by atomic mass is 16.6. The minimum atomic E-state index is -0.438. The Balaban J connectivity index is 2.27. The molecule has 1 amide bonds. The maximum Gasteiger partial charge on any atom is 0.410 e. The number of rotatable bonds is 2. The van der Waals surface area contributed by atoms with Gasteiger partial charge in [0.25, 0.3) is 0 Å². The maximum absolute atomic E-state index is 11.9. The number of piperidine rings is 1. The fraction of sp³-hybridized carbons (Fsp3) is 0.786. The molecule has 0 bridgehead atoms. The molecule has 1 saturated heterocycles. The lowest BCUT2D eigenvalue weighted by atomic mass is 10.1. The second-order valence-electron chi connectivity index (χ2n) is 5.63. The summed E-state index contributed by atoms with van der Waals surface area (Å²) in [6.45, 7) is 7.52. The fourth-order valence-corrected chi connectivity index (χ4v) is 1.91. The Morgan fingerprint density at radius 2 is 2.00 bits per heavy atom. The van der Waals surface area contributed by atoms with E-state index in [4.69, 9.17) is 9.84 Å². The lowest BCUT2D eigenvalue weighted by Crippen LogP contribution is -2.46. The topological polar surface area (TPSA) is 61.8 Å². The van der Waals surface area contributed by atoms with Crippen molar-refractivity contribution in [2.75, 3.05) is 26.2 Å². The van der Waals surface area contributed by atoms with Gasteiger partial charge in [-0.15, -0.1) is 0 Å². The number of carbonyl (C=O) groups excluding carboxylic acids is 1. The Bertz CT molecular complexity index is 344. The van der Waals surface area contributed by atoms with Crippen molar-refractivity contribution in [3.63, 3.8) is 0 Å². The number of nitrogens with one attached hydrogen (secondary N) is 1. The molecule has 0 spiro atoms. The molecule has 0 atom stereocenters. The fourth-order valence-electron chi connectivity index (χ4n) is 1.91. The quantitative estimate of drug-likeness (QED) is 0.733. The summed E-state index contributed by atoms with van der Waals surface area (Å²) in [6.07, 6.45) is 1.58. The molecule has 19 heavy (non-hydrogen) atoms. The number of hydrogen-bond acceptors (Lipinski definition) is 4. The minimum absolute atomic E-state index is 0.0984. The van der Waals surface area contributed by atoms with Gasteiger partial charge in [-0.05, 0) is 33.6 Å². The maximum atomic E-state index is 11.9. The Kier molecular flexibility index (Phi) is 6.13. The van der Waals surface area contributed by atoms with Gasteiger partial charge in [-0.3, -0.25) is 0 Å². The number of nitrogens with zero attached hydrogens (tertiary/aromatic N) is 1. The first-order valence-electron chi connectivity index (χ1n) is 6.70. The molecule has 0 aromatic heterocycles. The summed E-state index contributed by atoms with van der Waals surface area (Å²) in [7, 11) is 0. The smallest absolute Gasteiger partial charge is 0.410 e. The second-order valence-corrected chi connectivity index (χ2v) is 5.63. The summed E-state index contributed by atoms with van der Waals surface area (Å²) in [5.41, 5.74) is -0.438. The molecule has 5 heteroatoms. The summed E-state index contributed by atoms with van der Waals surface area (Å²) in [5, 5.41) is 11.8. The average molecular weight is 268 g/mol. The van der Waals surface area contributed by atoms with E-state index in [2.05, 4.69) is 17.2 Å². The van der Waals surface area contributed by atoms with Crippen molar-refractivity contribution < 1.29 is 14.6 Å². The largest absolute Gasteiger partial charge is 0.444 e. The zero-order chi connectivity index (χ0) is 14.3. The number of carbonyl (C=O) groups is 1. The van der Waals surface area contributed by atoms with Crippen LogP contribution in [0.25, 0.3) is 0 Å². The van der Waals surface area contributed by atoms with Crippen LogP contribution in [0, 0.1) is 11.8 Å². The summed E-state index contributed by atoms with van der Waals surface area (Å²) in [4.78, 5) is 13.6. The van der Waals surface area contributed by atoms with Gasteiger partial charge < -0.3 is 20.1 Å². The van der Waals surface area contributed by atoms with Gasteiger partial charge in [-0.25, -0.2) is 4.79 Å². The molecule has 1 fully saturated rings. The van der Waals surface area contributed by atoms with E-state index in [1.165, 1.54) is 0 Å². The lowest BCUT2D eigenvalue weighted by Gasteiger charge is -2.33. The highest BCUT2D eigenvalue weighted by Gasteiger charge is 2.26. The van der Waals surface area contributed by atoms with Gasteiger partial charge in [0, 0.05) is 19.1 Å². The second kappa shape index (κ2) is 7.37. The van der Waals surface area contributed by atoms with Gasteiger partial charge in [0.1, 0.15) is 12.2 Å². The van der Waals surface area contributed by atoms with Crippen molar-refractivity contribution in [1.82, 2.24) is 10.2 Å². The number of ether oxygens (including phenoxy) is 1. The number of hydrogen-bond donors (Lipinski definition) is 2. The molecule has 5 nitrogen and oxygen atoms in total. The minimum Gasteiger partial charge on any atom is -0.444 e. The number of aliphatic hydroxyl groups is 1. The molecule has 0 aliphatic carbocycles. The van der Waals surface area contributed by atoms with Crippen LogP contribution in [0.5, 0.6) is 0 Å². The van der Waals surface area contributed by atoms with E-state index in [0.717, 1.165) is 12.8 Å². The van der Waals surface area contributed by atoms with Crippen molar-refractivity contribution in [2.24, 2.45) is 0 Å². The molecule has 0 radical (unpaired) electrons. The standard InChI is InChI=1S/C14H24N2O3/c1-14(2,3)19-13(18)16-9-6-12(7-10-16)15-8-4-5-11-17/h12,15,17H,6-11H2,1-3H3. The first kappa shape index (κ1) is 15.8. The van der Waals surface area contributed by atoms with E-state index in [0.29, 0.717) is 25.7 Å². The monoisotopic (exact) mass is 268 g/mol. The van der Waals surface area contributed by atoms with Crippen LogP contribution in [0.4, 0.5) is 4.79 Å². The van der Waals surface area contributed by atoms with Gasteiger partial charge in [-0.1, -0.05) is 11.8 Å². The zero-order valence-electron chi connectivity index (χ0n) is 12.0. The third kappa shape index (κ3) is 6.46. The Morgan fingerprint density at radius 3 is 2.53 bits per heavy atom. The zero-order valence-corrected chi connectivity index (χ0v) is 12.0. The van der Waals surface area contributed by atoms with Crippen LogP contribution < -0.4 is 5.32 Å². The molecule has 1 heterocycles. The van der Waals surface area contributed by atoms with Crippen molar-refractivity contribution >= 4 is 6.09 Å². The third-order valence-electron chi connectivity index (χ3n) is 2.83. The first-order chi connectivity index (χ1) is 8.92. The molecule has 0 unspecified atom stereocenters. The van der Waals surface area contributed by atoms with Crippen molar-refractivity contribution in [1.29, 1.82) is 0 Å². The van der Waals surface area contributed by atoms with Crippen LogP contribution in [0.1, 0.15) is 33.6 Å². The van der Waals surface area contributed by atoms with Crippen LogP contribution in [0.15, 0.2) is 0 Å². The first-order valence-corrected chi connectivity index (χ1v) is 6.70. The van der Waals surface area contributed by atoms with E-state index in [1.54, 1.807) is 4.90 Å². The highest BCUT2D eigenvalue weighted by Crippen LogP contribution is 2.15. The Hall–Kier alpha value is -1.25. The molecule has 0 saturated carbocycles. The molecule has 1 aliphatic rings. The Labute approximate surface area is 115 Å². The van der Waals surface area contributed by atoms with E-state index in [9.17, 15) is 4.79 Å². The van der Waals surface area contributed by atoms with Crippen LogP contribution >= 0.6 is 0 Å². The van der Waals surface area contributed by atoms with Gasteiger partial charge in [0.15, 0.2) is 0 Å². The average Bonchev–Trinajstić information content (AvgIpc) is 2.33. The molecule has 1 rings (SSSR count). The highest BCUT2D eigenvalue weighted by molar-refractivity contribution is 5.68. The Morgan fingerprint density at radius 1 is 1.37 bits per heavy atom. The van der Waals surface area contributed by atoms with Gasteiger partial charge >= 0.3 is 6.09 Å².